The molecule has 0 saturated carbocycles. The van der Waals surface area contributed by atoms with Crippen molar-refractivity contribution in [1.29, 1.82) is 0 Å². The number of hydrogen-bond donors (Lipinski definition) is 1. The van der Waals surface area contributed by atoms with Crippen LogP contribution < -0.4 is 10.2 Å². The zero-order valence-corrected chi connectivity index (χ0v) is 12.8. The number of carbonyl (C=O) groups is 1. The number of pyridine rings is 1. The van der Waals surface area contributed by atoms with E-state index < -0.39 is 18.6 Å². The van der Waals surface area contributed by atoms with Crippen molar-refractivity contribution >= 4 is 11.7 Å². The lowest BCUT2D eigenvalue weighted by Crippen LogP contribution is -2.54. The maximum absolute atomic E-state index is 12.5. The normalized spacial score (nSPS) is 14.8. The molecule has 0 unspecified atom stereocenters. The van der Waals surface area contributed by atoms with Gasteiger partial charge in [-0.15, -0.1) is 0 Å². The number of ether oxygens (including phenoxy) is 1. The first-order valence-corrected chi connectivity index (χ1v) is 7.27. The van der Waals surface area contributed by atoms with Gasteiger partial charge in [-0.3, -0.25) is 20.2 Å². The Hall–Kier alpha value is -3.10. The summed E-state index contributed by atoms with van der Waals surface area (Å²) in [4.78, 5) is 19.4. The van der Waals surface area contributed by atoms with Crippen LogP contribution in [0.3, 0.4) is 0 Å². The van der Waals surface area contributed by atoms with Crippen molar-refractivity contribution in [2.45, 2.75) is 6.18 Å². The largest absolute Gasteiger partial charge is 0.456 e. The van der Waals surface area contributed by atoms with Gasteiger partial charge in [0.2, 0.25) is 0 Å². The highest BCUT2D eigenvalue weighted by molar-refractivity contribution is 6.02. The lowest BCUT2D eigenvalue weighted by atomic mass is 10.2. The summed E-state index contributed by atoms with van der Waals surface area (Å²) in [6, 6.07) is 10.1. The monoisotopic (exact) mass is 350 g/mol. The Morgan fingerprint density at radius 2 is 1.92 bits per heavy atom. The van der Waals surface area contributed by atoms with E-state index in [0.29, 0.717) is 22.1 Å². The third-order valence-corrected chi connectivity index (χ3v) is 3.25. The molecule has 1 aromatic carbocycles. The Labute approximate surface area is 140 Å². The molecule has 0 bridgehead atoms. The van der Waals surface area contributed by atoms with Crippen LogP contribution in [0.4, 0.5) is 13.2 Å². The number of hydrazine groups is 1. The predicted octanol–water partition coefficient (Wildman–Crippen LogP) is 2.53. The number of halogens is 3. The number of rotatable bonds is 4. The molecule has 9 heteroatoms. The molecule has 0 radical (unpaired) electrons. The molecule has 2 aromatic rings. The van der Waals surface area contributed by atoms with Crippen molar-refractivity contribution in [2.75, 3.05) is 13.1 Å². The maximum atomic E-state index is 12.5. The first-order valence-electron chi connectivity index (χ1n) is 7.27. The van der Waals surface area contributed by atoms with E-state index in [4.69, 9.17) is 4.74 Å². The lowest BCUT2D eigenvalue weighted by molar-refractivity contribution is -0.164. The standard InChI is InChI=1S/C16H13F3N4O2/c17-16(18,19)10-23-14(24)9-21-15(22-23)11-3-5-12(6-4-11)25-13-2-1-7-20-8-13/h1-8H,9-10H2,(H,21,22). The third kappa shape index (κ3) is 4.46. The minimum atomic E-state index is -4.49. The predicted molar refractivity (Wildman–Crippen MR) is 83.1 cm³/mol. The Morgan fingerprint density at radius 3 is 2.56 bits per heavy atom. The van der Waals surface area contributed by atoms with Crippen LogP contribution in [0, 0.1) is 0 Å². The molecule has 2 heterocycles. The first kappa shape index (κ1) is 16.7. The summed E-state index contributed by atoms with van der Waals surface area (Å²) in [6.45, 7) is -1.72. The number of amides is 1. The molecule has 0 fully saturated rings. The third-order valence-electron chi connectivity index (χ3n) is 3.25. The van der Waals surface area contributed by atoms with Gasteiger partial charge in [-0.25, -0.2) is 5.01 Å². The van der Waals surface area contributed by atoms with Crippen LogP contribution in [0.2, 0.25) is 0 Å². The van der Waals surface area contributed by atoms with E-state index in [1.54, 1.807) is 48.8 Å². The number of benzene rings is 1. The molecular weight excluding hydrogens is 337 g/mol. The highest BCUT2D eigenvalue weighted by Crippen LogP contribution is 2.21. The molecule has 130 valence electrons. The van der Waals surface area contributed by atoms with E-state index in [1.165, 1.54) is 0 Å². The minimum absolute atomic E-state index is 0.191. The smallest absolute Gasteiger partial charge is 0.408 e. The molecule has 0 aliphatic carbocycles. The van der Waals surface area contributed by atoms with Crippen molar-refractivity contribution < 1.29 is 22.7 Å². The molecule has 0 spiro atoms. The number of nitrogens with one attached hydrogen (secondary N) is 1. The fraction of sp³-hybridized carbons (Fsp3) is 0.188. The lowest BCUT2D eigenvalue weighted by Gasteiger charge is -2.29. The zero-order valence-electron chi connectivity index (χ0n) is 12.8. The molecular formula is C16H13F3N4O2. The molecule has 1 amide bonds. The number of nitrogens with zero attached hydrogens (tertiary/aromatic N) is 3. The van der Waals surface area contributed by atoms with Gasteiger partial charge in [0.1, 0.15) is 30.4 Å². The highest BCUT2D eigenvalue weighted by atomic mass is 19.4. The van der Waals surface area contributed by atoms with Crippen LogP contribution in [0.25, 0.3) is 0 Å². The molecule has 1 aliphatic rings. The van der Waals surface area contributed by atoms with Crippen LogP contribution in [0.15, 0.2) is 53.8 Å². The Bertz CT molecular complexity index is 776. The zero-order chi connectivity index (χ0) is 17.9. The van der Waals surface area contributed by atoms with Gasteiger partial charge in [-0.05, 0) is 36.4 Å². The molecule has 1 N–H and O–H groups in total. The molecule has 1 aliphatic heterocycles. The second-order valence-corrected chi connectivity index (χ2v) is 5.19. The second kappa shape index (κ2) is 6.80. The summed E-state index contributed by atoms with van der Waals surface area (Å²) < 4.78 is 43.1. The summed E-state index contributed by atoms with van der Waals surface area (Å²) in [5.41, 5.74) is 2.95. The Kier molecular flexibility index (Phi) is 4.55. The van der Waals surface area contributed by atoms with Crippen molar-refractivity contribution in [1.82, 2.24) is 15.4 Å². The average Bonchev–Trinajstić information content (AvgIpc) is 2.57. The summed E-state index contributed by atoms with van der Waals surface area (Å²) >= 11 is 0. The number of alkyl halides is 3. The highest BCUT2D eigenvalue weighted by Gasteiger charge is 2.35. The van der Waals surface area contributed by atoms with E-state index in [1.807, 2.05) is 0 Å². The number of amidine groups is 1. The van der Waals surface area contributed by atoms with Gasteiger partial charge >= 0.3 is 6.18 Å². The number of hydrogen-bond acceptors (Lipinski definition) is 5. The first-order chi connectivity index (χ1) is 11.9. The SMILES string of the molecule is O=C1CN=C(c2ccc(Oc3cccnc3)cc2)NN1CC(F)(F)F. The van der Waals surface area contributed by atoms with E-state index in [-0.39, 0.29) is 12.4 Å². The van der Waals surface area contributed by atoms with Gasteiger partial charge in [-0.1, -0.05) is 0 Å². The van der Waals surface area contributed by atoms with Crippen LogP contribution in [0.5, 0.6) is 11.5 Å². The van der Waals surface area contributed by atoms with E-state index in [9.17, 15) is 18.0 Å². The van der Waals surface area contributed by atoms with Crippen LogP contribution in [0.1, 0.15) is 5.56 Å². The number of carbonyl (C=O) groups excluding carboxylic acids is 1. The fourth-order valence-corrected chi connectivity index (χ4v) is 2.14. The quantitative estimate of drug-likeness (QED) is 0.920. The summed E-state index contributed by atoms with van der Waals surface area (Å²) in [5, 5.41) is 0.516. The Morgan fingerprint density at radius 1 is 1.16 bits per heavy atom. The topological polar surface area (TPSA) is 66.8 Å². The number of aromatic nitrogens is 1. The van der Waals surface area contributed by atoms with Gasteiger partial charge in [-0.2, -0.15) is 13.2 Å². The molecule has 3 rings (SSSR count). The minimum Gasteiger partial charge on any atom is -0.456 e. The molecule has 25 heavy (non-hydrogen) atoms. The van der Waals surface area contributed by atoms with Gasteiger partial charge in [0.25, 0.3) is 5.91 Å². The summed E-state index contributed by atoms with van der Waals surface area (Å²) in [5.74, 6) is 0.552. The summed E-state index contributed by atoms with van der Waals surface area (Å²) in [6.07, 6.45) is -1.31. The van der Waals surface area contributed by atoms with Gasteiger partial charge < -0.3 is 4.74 Å². The fourth-order valence-electron chi connectivity index (χ4n) is 2.14. The van der Waals surface area contributed by atoms with Crippen molar-refractivity contribution in [3.63, 3.8) is 0 Å². The molecule has 0 saturated heterocycles. The molecule has 6 nitrogen and oxygen atoms in total. The Balaban J connectivity index is 1.70. The molecule has 1 aromatic heterocycles. The van der Waals surface area contributed by atoms with E-state index in [2.05, 4.69) is 15.4 Å². The summed E-state index contributed by atoms with van der Waals surface area (Å²) in [7, 11) is 0. The van der Waals surface area contributed by atoms with E-state index in [0.717, 1.165) is 0 Å². The molecule has 0 atom stereocenters. The van der Waals surface area contributed by atoms with Crippen molar-refractivity contribution in [3.05, 3.63) is 54.4 Å². The average molecular weight is 350 g/mol. The second-order valence-electron chi connectivity index (χ2n) is 5.19. The van der Waals surface area contributed by atoms with Gasteiger partial charge in [0.05, 0.1) is 6.20 Å². The van der Waals surface area contributed by atoms with Crippen LogP contribution in [-0.4, -0.2) is 41.0 Å². The van der Waals surface area contributed by atoms with Crippen molar-refractivity contribution in [3.8, 4) is 11.5 Å². The van der Waals surface area contributed by atoms with Crippen LogP contribution >= 0.6 is 0 Å². The van der Waals surface area contributed by atoms with Crippen LogP contribution in [-0.2, 0) is 4.79 Å². The maximum Gasteiger partial charge on any atom is 0.408 e. The van der Waals surface area contributed by atoms with Crippen molar-refractivity contribution in [2.24, 2.45) is 4.99 Å². The van der Waals surface area contributed by atoms with Gasteiger partial charge in [0, 0.05) is 11.8 Å². The van der Waals surface area contributed by atoms with E-state index >= 15 is 0 Å². The number of aliphatic imine (C=N–C) groups is 1. The van der Waals surface area contributed by atoms with Gasteiger partial charge in [0.15, 0.2) is 0 Å².